The Balaban J connectivity index is 4.10. The van der Waals surface area contributed by atoms with Crippen LogP contribution in [0.3, 0.4) is 0 Å². The van der Waals surface area contributed by atoms with Crippen molar-refractivity contribution in [2.45, 2.75) is 219 Å². The molecule has 388 valence electrons. The number of unbranched alkanes of at least 4 members (excludes halogenated alkanes) is 18. The fraction of sp³-hybridized carbons (Fsp3) is 0.655. The number of allylic oxidation sites excluding steroid dienone is 18. The second kappa shape index (κ2) is 53.0. The lowest BCUT2D eigenvalue weighted by molar-refractivity contribution is -0.161. The maximum Gasteiger partial charge on any atom is 0.472 e. The molecule has 0 radical (unpaired) electrons. The zero-order chi connectivity index (χ0) is 49.5. The standard InChI is InChI=1S/C58H98NO8P/c1-3-5-7-9-11-13-15-17-19-21-22-23-24-25-26-27-28-29-30-31-32-33-34-35-37-39-41-43-45-47-49-51-58(61)67-56(55-66-68(62,63)65-53-52-59)54-64-57(60)50-48-46-44-42-40-38-36-20-18-16-14-12-10-8-6-4-2/h5,7,11,13,17,19-20,22-23,25-26,28-29,31-32,34-36,56H,3-4,6,8-10,12,14-16,18,21,24,27,30,33,37-55,59H2,1-2H3,(H,62,63)/b7-5-,13-11-,19-17-,23-22-,26-25-,29-28-,32-31-,35-34-,36-20-. The zero-order valence-corrected chi connectivity index (χ0v) is 43.9. The van der Waals surface area contributed by atoms with Crippen LogP contribution < -0.4 is 5.73 Å². The van der Waals surface area contributed by atoms with Crippen molar-refractivity contribution in [3.05, 3.63) is 109 Å². The molecule has 0 aliphatic heterocycles. The molecule has 2 unspecified atom stereocenters. The van der Waals surface area contributed by atoms with Crippen molar-refractivity contribution in [1.29, 1.82) is 0 Å². The summed E-state index contributed by atoms with van der Waals surface area (Å²) >= 11 is 0. The fourth-order valence-electron chi connectivity index (χ4n) is 6.94. The summed E-state index contributed by atoms with van der Waals surface area (Å²) in [5.74, 6) is -0.861. The number of esters is 2. The molecule has 0 aliphatic rings. The monoisotopic (exact) mass is 968 g/mol. The van der Waals surface area contributed by atoms with Crippen molar-refractivity contribution in [2.24, 2.45) is 5.73 Å². The van der Waals surface area contributed by atoms with Crippen LogP contribution in [0.25, 0.3) is 0 Å². The minimum absolute atomic E-state index is 0.0442. The molecule has 0 fully saturated rings. The summed E-state index contributed by atoms with van der Waals surface area (Å²) in [7, 11) is -4.40. The third kappa shape index (κ3) is 52.0. The largest absolute Gasteiger partial charge is 0.472 e. The molecule has 0 amide bonds. The normalized spacial score (nSPS) is 14.0. The molecule has 0 bridgehead atoms. The Morgan fingerprint density at radius 3 is 1.22 bits per heavy atom. The van der Waals surface area contributed by atoms with Crippen molar-refractivity contribution in [2.75, 3.05) is 26.4 Å². The number of ether oxygens (including phenoxy) is 2. The van der Waals surface area contributed by atoms with Gasteiger partial charge < -0.3 is 20.1 Å². The number of phosphoric ester groups is 1. The highest BCUT2D eigenvalue weighted by atomic mass is 31.2. The Bertz CT molecular complexity index is 1480. The summed E-state index contributed by atoms with van der Waals surface area (Å²) in [6.07, 6.45) is 71.3. The summed E-state index contributed by atoms with van der Waals surface area (Å²) in [6.45, 7) is 3.59. The van der Waals surface area contributed by atoms with Crippen LogP contribution in [-0.2, 0) is 32.7 Å². The van der Waals surface area contributed by atoms with Crippen LogP contribution in [0, 0.1) is 0 Å². The van der Waals surface area contributed by atoms with Crippen LogP contribution in [-0.4, -0.2) is 49.3 Å². The second-order valence-electron chi connectivity index (χ2n) is 17.4. The van der Waals surface area contributed by atoms with Gasteiger partial charge in [-0.05, 0) is 103 Å². The minimum Gasteiger partial charge on any atom is -0.462 e. The third-order valence-corrected chi connectivity index (χ3v) is 11.9. The van der Waals surface area contributed by atoms with Crippen molar-refractivity contribution >= 4 is 19.8 Å². The van der Waals surface area contributed by atoms with Gasteiger partial charge in [-0.15, -0.1) is 0 Å². The molecular formula is C58H98NO8P. The molecule has 0 saturated heterocycles. The lowest BCUT2D eigenvalue weighted by Gasteiger charge is -2.19. The number of phosphoric acid groups is 1. The molecule has 9 nitrogen and oxygen atoms in total. The quantitative estimate of drug-likeness (QED) is 0.0264. The Morgan fingerprint density at radius 1 is 0.456 bits per heavy atom. The lowest BCUT2D eigenvalue weighted by Crippen LogP contribution is -2.29. The number of carbonyl (C=O) groups excluding carboxylic acids is 2. The first-order valence-electron chi connectivity index (χ1n) is 26.9. The number of nitrogens with two attached hydrogens (primary N) is 1. The predicted molar refractivity (Wildman–Crippen MR) is 288 cm³/mol. The van der Waals surface area contributed by atoms with Crippen molar-refractivity contribution in [1.82, 2.24) is 0 Å². The fourth-order valence-corrected chi connectivity index (χ4v) is 7.70. The van der Waals surface area contributed by atoms with Crippen molar-refractivity contribution in [3.63, 3.8) is 0 Å². The van der Waals surface area contributed by atoms with E-state index < -0.39 is 32.5 Å². The van der Waals surface area contributed by atoms with Crippen LogP contribution in [0.15, 0.2) is 109 Å². The maximum atomic E-state index is 12.7. The van der Waals surface area contributed by atoms with E-state index in [2.05, 4.69) is 123 Å². The first-order chi connectivity index (χ1) is 33.3. The molecule has 0 heterocycles. The van der Waals surface area contributed by atoms with Gasteiger partial charge in [-0.25, -0.2) is 4.57 Å². The smallest absolute Gasteiger partial charge is 0.462 e. The van der Waals surface area contributed by atoms with Crippen molar-refractivity contribution in [3.8, 4) is 0 Å². The third-order valence-electron chi connectivity index (χ3n) is 10.9. The molecule has 2 atom stereocenters. The minimum atomic E-state index is -4.40. The van der Waals surface area contributed by atoms with Gasteiger partial charge in [0.05, 0.1) is 13.2 Å². The van der Waals surface area contributed by atoms with Gasteiger partial charge in [0.25, 0.3) is 0 Å². The highest BCUT2D eigenvalue weighted by Gasteiger charge is 2.26. The van der Waals surface area contributed by atoms with Crippen LogP contribution in [0.4, 0.5) is 0 Å². The van der Waals surface area contributed by atoms with E-state index in [1.807, 2.05) is 0 Å². The van der Waals surface area contributed by atoms with E-state index in [-0.39, 0.29) is 32.6 Å². The maximum absolute atomic E-state index is 12.7. The van der Waals surface area contributed by atoms with E-state index >= 15 is 0 Å². The van der Waals surface area contributed by atoms with E-state index in [1.54, 1.807) is 0 Å². The summed E-state index contributed by atoms with van der Waals surface area (Å²) in [5, 5.41) is 0. The summed E-state index contributed by atoms with van der Waals surface area (Å²) < 4.78 is 32.9. The van der Waals surface area contributed by atoms with Gasteiger partial charge in [0.2, 0.25) is 0 Å². The average Bonchev–Trinajstić information content (AvgIpc) is 3.33. The SMILES string of the molecule is CC/C=C\C/C=C\C/C=C\C/C=C\C/C=C\C/C=C\C/C=C\C/C=C\CCCCCCCCC(=O)OC(COC(=O)CCCCCCC/C=C\CCCCCCCCC)COP(=O)(O)OCCN. The predicted octanol–water partition coefficient (Wildman–Crippen LogP) is 16.7. The second-order valence-corrected chi connectivity index (χ2v) is 18.8. The molecule has 0 aromatic rings. The lowest BCUT2D eigenvalue weighted by atomic mass is 10.1. The summed E-state index contributed by atoms with van der Waals surface area (Å²) in [5.41, 5.74) is 5.37. The molecule has 0 saturated carbocycles. The van der Waals surface area contributed by atoms with Gasteiger partial charge in [-0.2, -0.15) is 0 Å². The number of hydrogen-bond acceptors (Lipinski definition) is 8. The van der Waals surface area contributed by atoms with E-state index in [4.69, 9.17) is 24.3 Å². The van der Waals surface area contributed by atoms with Gasteiger partial charge in [0.1, 0.15) is 6.61 Å². The van der Waals surface area contributed by atoms with Gasteiger partial charge in [-0.1, -0.05) is 207 Å². The van der Waals surface area contributed by atoms with E-state index in [0.717, 1.165) is 122 Å². The summed E-state index contributed by atoms with van der Waals surface area (Å²) in [4.78, 5) is 35.1. The van der Waals surface area contributed by atoms with Crippen LogP contribution in [0.2, 0.25) is 0 Å². The molecule has 0 aromatic heterocycles. The molecular weight excluding hydrogens is 870 g/mol. The van der Waals surface area contributed by atoms with Gasteiger partial charge in [0, 0.05) is 19.4 Å². The number of hydrogen-bond donors (Lipinski definition) is 2. The molecule has 0 aliphatic carbocycles. The van der Waals surface area contributed by atoms with Crippen LogP contribution in [0.5, 0.6) is 0 Å². The topological polar surface area (TPSA) is 134 Å². The first kappa shape index (κ1) is 64.7. The Labute approximate surface area is 416 Å². The van der Waals surface area contributed by atoms with Crippen LogP contribution in [0.1, 0.15) is 213 Å². The van der Waals surface area contributed by atoms with Crippen LogP contribution >= 0.6 is 7.82 Å². The molecule has 0 rings (SSSR count). The molecule has 0 spiro atoms. The summed E-state index contributed by atoms with van der Waals surface area (Å²) in [6, 6.07) is 0. The highest BCUT2D eigenvalue weighted by molar-refractivity contribution is 7.47. The Hall–Kier alpha value is -3.33. The molecule has 0 aromatic carbocycles. The molecule has 3 N–H and O–H groups in total. The molecule has 10 heteroatoms. The Morgan fingerprint density at radius 2 is 0.809 bits per heavy atom. The van der Waals surface area contributed by atoms with Gasteiger partial charge >= 0.3 is 19.8 Å². The number of rotatable bonds is 49. The van der Waals surface area contributed by atoms with Crippen molar-refractivity contribution < 1.29 is 37.6 Å². The van der Waals surface area contributed by atoms with Gasteiger partial charge in [-0.3, -0.25) is 18.6 Å². The average molecular weight is 968 g/mol. The van der Waals surface area contributed by atoms with E-state index in [9.17, 15) is 19.0 Å². The molecule has 68 heavy (non-hydrogen) atoms. The van der Waals surface area contributed by atoms with E-state index in [0.29, 0.717) is 12.8 Å². The Kier molecular flexibility index (Phi) is 50.4. The van der Waals surface area contributed by atoms with Gasteiger partial charge in [0.15, 0.2) is 6.10 Å². The zero-order valence-electron chi connectivity index (χ0n) is 43.0. The highest BCUT2D eigenvalue weighted by Crippen LogP contribution is 2.43. The number of carbonyl (C=O) groups is 2. The first-order valence-corrected chi connectivity index (χ1v) is 28.4. The van der Waals surface area contributed by atoms with E-state index in [1.165, 1.54) is 51.4 Å².